The van der Waals surface area contributed by atoms with Gasteiger partial charge in [0.1, 0.15) is 19.8 Å². The molecule has 0 bridgehead atoms. The van der Waals surface area contributed by atoms with Gasteiger partial charge in [0.25, 0.3) is 0 Å². The van der Waals surface area contributed by atoms with Gasteiger partial charge in [-0.05, 0) is 83.4 Å². The van der Waals surface area contributed by atoms with Crippen LogP contribution in [0.15, 0.2) is 54.6 Å². The third-order valence-electron chi connectivity index (χ3n) is 7.01. The molecule has 15 nitrogen and oxygen atoms in total. The third-order valence-corrected chi connectivity index (χ3v) is 7.01. The SMILES string of the molecule is Cc1ccc(C)c(C(=O)OOC(=O)OCC(C)(COC(=O)OOC(=O)c2cc(C)ccc2C)COC(=O)OOC(=O)c2cc(C)ccc2C)c1. The average Bonchev–Trinajstić information content (AvgIpc) is 3.08. The highest BCUT2D eigenvalue weighted by Gasteiger charge is 2.33. The van der Waals surface area contributed by atoms with Crippen LogP contribution < -0.4 is 0 Å². The van der Waals surface area contributed by atoms with Crippen molar-refractivity contribution in [1.29, 1.82) is 0 Å². The van der Waals surface area contributed by atoms with Crippen molar-refractivity contribution in [2.75, 3.05) is 19.8 Å². The van der Waals surface area contributed by atoms with E-state index >= 15 is 0 Å². The molecular formula is C35H36O15. The fourth-order valence-electron chi connectivity index (χ4n) is 4.11. The van der Waals surface area contributed by atoms with E-state index in [-0.39, 0.29) is 16.7 Å². The van der Waals surface area contributed by atoms with E-state index in [1.165, 1.54) is 25.1 Å². The molecule has 0 fully saturated rings. The predicted octanol–water partition coefficient (Wildman–Crippen LogP) is 6.62. The summed E-state index contributed by atoms with van der Waals surface area (Å²) in [6, 6.07) is 15.0. The molecule has 0 unspecified atom stereocenters. The quantitative estimate of drug-likeness (QED) is 0.100. The Morgan fingerprint density at radius 3 is 0.960 bits per heavy atom. The summed E-state index contributed by atoms with van der Waals surface area (Å²) in [5, 5.41) is 0. The Hall–Kier alpha value is -6.12. The van der Waals surface area contributed by atoms with Crippen molar-refractivity contribution in [3.05, 3.63) is 105 Å². The Balaban J connectivity index is 1.59. The lowest BCUT2D eigenvalue weighted by Gasteiger charge is -2.26. The molecule has 0 aliphatic rings. The number of hydrogen-bond acceptors (Lipinski definition) is 15. The molecule has 0 spiro atoms. The molecule has 0 atom stereocenters. The number of hydrogen-bond donors (Lipinski definition) is 0. The molecule has 0 radical (unpaired) electrons. The van der Waals surface area contributed by atoms with E-state index in [9.17, 15) is 28.8 Å². The van der Waals surface area contributed by atoms with Crippen LogP contribution in [0, 0.1) is 47.0 Å². The maximum absolute atomic E-state index is 12.4. The van der Waals surface area contributed by atoms with Crippen molar-refractivity contribution < 1.29 is 72.3 Å². The Bertz CT molecular complexity index is 1560. The lowest BCUT2D eigenvalue weighted by Crippen LogP contribution is -2.37. The van der Waals surface area contributed by atoms with Gasteiger partial charge < -0.3 is 14.2 Å². The second-order valence-corrected chi connectivity index (χ2v) is 11.7. The lowest BCUT2D eigenvalue weighted by molar-refractivity contribution is -0.216. The molecule has 0 amide bonds. The minimum atomic E-state index is -1.55. The molecule has 3 aromatic rings. The average molecular weight is 697 g/mol. The zero-order valence-corrected chi connectivity index (χ0v) is 28.4. The first-order valence-corrected chi connectivity index (χ1v) is 15.0. The molecule has 0 aromatic heterocycles. The standard InChI is InChI=1S/C35H36O15/c1-20-8-11-23(4)26(14-20)29(36)45-48-32(39)42-17-35(7,18-43-33(40)49-46-30(37)27-15-21(2)9-12-24(27)5)19-44-34(41)50-47-31(38)28-16-22(3)10-13-25(28)6/h8-16H,17-19H2,1-7H3. The summed E-state index contributed by atoms with van der Waals surface area (Å²) >= 11 is 0. The van der Waals surface area contributed by atoms with Gasteiger partial charge in [0.2, 0.25) is 0 Å². The molecule has 266 valence electrons. The van der Waals surface area contributed by atoms with Crippen molar-refractivity contribution >= 4 is 36.4 Å². The van der Waals surface area contributed by atoms with E-state index in [4.69, 9.17) is 14.2 Å². The Labute approximate surface area is 287 Å². The molecule has 0 saturated heterocycles. The van der Waals surface area contributed by atoms with Gasteiger partial charge in [-0.2, -0.15) is 14.4 Å². The fraction of sp³-hybridized carbons (Fsp3) is 0.314. The third kappa shape index (κ3) is 11.5. The molecule has 15 heteroatoms. The van der Waals surface area contributed by atoms with Crippen LogP contribution in [0.1, 0.15) is 71.4 Å². The highest BCUT2D eigenvalue weighted by atomic mass is 17.2. The zero-order valence-electron chi connectivity index (χ0n) is 28.4. The van der Waals surface area contributed by atoms with Gasteiger partial charge in [0.15, 0.2) is 0 Å². The van der Waals surface area contributed by atoms with Crippen LogP contribution in [-0.2, 0) is 43.5 Å². The van der Waals surface area contributed by atoms with Crippen molar-refractivity contribution in [2.24, 2.45) is 5.41 Å². The number of ether oxygens (including phenoxy) is 3. The monoisotopic (exact) mass is 696 g/mol. The van der Waals surface area contributed by atoms with Gasteiger partial charge in [0.05, 0.1) is 22.1 Å². The van der Waals surface area contributed by atoms with Gasteiger partial charge in [-0.3, -0.25) is 0 Å². The lowest BCUT2D eigenvalue weighted by atomic mass is 9.94. The topological polar surface area (TPSA) is 185 Å². The van der Waals surface area contributed by atoms with Gasteiger partial charge in [-0.25, -0.2) is 43.7 Å². The summed E-state index contributed by atoms with van der Waals surface area (Å²) in [5.41, 5.74) is 2.89. The summed E-state index contributed by atoms with van der Waals surface area (Å²) in [5.74, 6) is -2.89. The van der Waals surface area contributed by atoms with Gasteiger partial charge in [-0.15, -0.1) is 0 Å². The van der Waals surface area contributed by atoms with Crippen LogP contribution in [0.5, 0.6) is 0 Å². The first kappa shape index (κ1) is 38.3. The Morgan fingerprint density at radius 2 is 0.700 bits per heavy atom. The van der Waals surface area contributed by atoms with E-state index in [1.807, 2.05) is 0 Å². The number of rotatable bonds is 9. The van der Waals surface area contributed by atoms with Crippen LogP contribution in [0.3, 0.4) is 0 Å². The molecule has 3 aromatic carbocycles. The van der Waals surface area contributed by atoms with E-state index in [2.05, 4.69) is 29.3 Å². The second-order valence-electron chi connectivity index (χ2n) is 11.7. The zero-order chi connectivity index (χ0) is 37.0. The van der Waals surface area contributed by atoms with Gasteiger partial charge in [0, 0.05) is 0 Å². The molecular weight excluding hydrogens is 660 g/mol. The predicted molar refractivity (Wildman–Crippen MR) is 169 cm³/mol. The summed E-state index contributed by atoms with van der Waals surface area (Å²) in [4.78, 5) is 101. The van der Waals surface area contributed by atoms with Crippen LogP contribution >= 0.6 is 0 Å². The smallest absolute Gasteiger partial charge is 0.431 e. The van der Waals surface area contributed by atoms with Crippen LogP contribution in [0.25, 0.3) is 0 Å². The molecule has 0 heterocycles. The molecule has 50 heavy (non-hydrogen) atoms. The molecule has 0 saturated carbocycles. The maximum atomic E-state index is 12.4. The Morgan fingerprint density at radius 1 is 0.440 bits per heavy atom. The first-order valence-electron chi connectivity index (χ1n) is 15.0. The minimum absolute atomic E-state index is 0.151. The Kier molecular flexibility index (Phi) is 13.3. The highest BCUT2D eigenvalue weighted by Crippen LogP contribution is 2.21. The highest BCUT2D eigenvalue weighted by molar-refractivity contribution is 5.92. The van der Waals surface area contributed by atoms with Crippen molar-refractivity contribution in [1.82, 2.24) is 0 Å². The number of aryl methyl sites for hydroxylation is 6. The minimum Gasteiger partial charge on any atom is -0.431 e. The normalized spacial score (nSPS) is 10.6. The fourth-order valence-corrected chi connectivity index (χ4v) is 4.11. The van der Waals surface area contributed by atoms with E-state index in [0.29, 0.717) is 16.7 Å². The van der Waals surface area contributed by atoms with Gasteiger partial charge in [-0.1, -0.05) is 53.1 Å². The van der Waals surface area contributed by atoms with E-state index in [0.717, 1.165) is 16.7 Å². The van der Waals surface area contributed by atoms with Crippen LogP contribution in [-0.4, -0.2) is 56.2 Å². The molecule has 0 aliphatic heterocycles. The number of carbonyl (C=O) groups is 6. The number of benzene rings is 3. The largest absolute Gasteiger partial charge is 0.549 e. The summed E-state index contributed by atoms with van der Waals surface area (Å²) in [6.07, 6.45) is -4.40. The molecule has 0 N–H and O–H groups in total. The molecule has 3 rings (SSSR count). The first-order chi connectivity index (χ1) is 23.6. The summed E-state index contributed by atoms with van der Waals surface area (Å²) in [7, 11) is 0. The van der Waals surface area contributed by atoms with Gasteiger partial charge >= 0.3 is 36.4 Å². The van der Waals surface area contributed by atoms with Crippen molar-refractivity contribution in [3.63, 3.8) is 0 Å². The van der Waals surface area contributed by atoms with Crippen LogP contribution in [0.4, 0.5) is 14.4 Å². The van der Waals surface area contributed by atoms with E-state index < -0.39 is 61.6 Å². The van der Waals surface area contributed by atoms with Crippen LogP contribution in [0.2, 0.25) is 0 Å². The summed E-state index contributed by atoms with van der Waals surface area (Å²) in [6.45, 7) is 9.58. The second kappa shape index (κ2) is 17.3. The molecule has 0 aliphatic carbocycles. The van der Waals surface area contributed by atoms with Crippen molar-refractivity contribution in [2.45, 2.75) is 48.5 Å². The van der Waals surface area contributed by atoms with E-state index in [1.54, 1.807) is 77.9 Å². The number of carbonyl (C=O) groups excluding carboxylic acids is 6. The maximum Gasteiger partial charge on any atom is 0.549 e. The summed E-state index contributed by atoms with van der Waals surface area (Å²) < 4.78 is 15.0. The van der Waals surface area contributed by atoms with Crippen molar-refractivity contribution in [3.8, 4) is 0 Å².